The SMILES string of the molecule is CN=C(NCC(O)C1CCCCC1)NC1CCN(C2CC2)CC1. The molecule has 1 aliphatic heterocycles. The van der Waals surface area contributed by atoms with Gasteiger partial charge in [-0.3, -0.25) is 4.99 Å². The minimum atomic E-state index is -0.245. The Morgan fingerprint density at radius 2 is 1.78 bits per heavy atom. The molecule has 23 heavy (non-hydrogen) atoms. The summed E-state index contributed by atoms with van der Waals surface area (Å²) in [6, 6.07) is 1.40. The van der Waals surface area contributed by atoms with Crippen LogP contribution in [0.3, 0.4) is 0 Å². The molecule has 0 aromatic heterocycles. The first-order valence-corrected chi connectivity index (χ1v) is 9.65. The molecule has 3 aliphatic rings. The van der Waals surface area contributed by atoms with Crippen molar-refractivity contribution in [2.45, 2.75) is 76.0 Å². The smallest absolute Gasteiger partial charge is 0.191 e. The number of hydrogen-bond acceptors (Lipinski definition) is 3. The van der Waals surface area contributed by atoms with Gasteiger partial charge in [-0.2, -0.15) is 0 Å². The number of guanidine groups is 1. The summed E-state index contributed by atoms with van der Waals surface area (Å²) in [5.74, 6) is 1.32. The highest BCUT2D eigenvalue weighted by atomic mass is 16.3. The van der Waals surface area contributed by atoms with Gasteiger partial charge in [0.25, 0.3) is 0 Å². The van der Waals surface area contributed by atoms with Crippen molar-refractivity contribution in [1.29, 1.82) is 0 Å². The standard InChI is InChI=1S/C18H34N4O/c1-19-18(20-13-17(23)14-5-3-2-4-6-14)21-15-9-11-22(12-10-15)16-7-8-16/h14-17,23H,2-13H2,1H3,(H2,19,20,21). The Bertz CT molecular complexity index is 382. The maximum atomic E-state index is 10.4. The zero-order valence-electron chi connectivity index (χ0n) is 14.6. The normalized spacial score (nSPS) is 27.0. The summed E-state index contributed by atoms with van der Waals surface area (Å²) in [7, 11) is 1.82. The lowest BCUT2D eigenvalue weighted by Crippen LogP contribution is -2.50. The molecule has 5 nitrogen and oxygen atoms in total. The van der Waals surface area contributed by atoms with Crippen LogP contribution in [-0.2, 0) is 0 Å². The number of aliphatic imine (C=N–C) groups is 1. The summed E-state index contributed by atoms with van der Waals surface area (Å²) in [6.07, 6.45) is 11.2. The fraction of sp³-hybridized carbons (Fsp3) is 0.944. The number of nitrogens with one attached hydrogen (secondary N) is 2. The molecule has 0 amide bonds. The number of hydrogen-bond donors (Lipinski definition) is 3. The van der Waals surface area contributed by atoms with Gasteiger partial charge in [-0.25, -0.2) is 0 Å². The van der Waals surface area contributed by atoms with E-state index in [1.54, 1.807) is 0 Å². The summed E-state index contributed by atoms with van der Waals surface area (Å²) in [4.78, 5) is 6.98. The first-order chi connectivity index (χ1) is 11.3. The van der Waals surface area contributed by atoms with E-state index in [-0.39, 0.29) is 6.10 Å². The Morgan fingerprint density at radius 3 is 2.39 bits per heavy atom. The topological polar surface area (TPSA) is 59.9 Å². The average Bonchev–Trinajstić information content (AvgIpc) is 3.44. The van der Waals surface area contributed by atoms with Crippen molar-refractivity contribution in [2.24, 2.45) is 10.9 Å². The van der Waals surface area contributed by atoms with Crippen LogP contribution in [0, 0.1) is 5.92 Å². The fourth-order valence-electron chi connectivity index (χ4n) is 4.12. The van der Waals surface area contributed by atoms with Crippen LogP contribution in [-0.4, -0.2) is 60.8 Å². The molecule has 1 heterocycles. The second-order valence-corrected chi connectivity index (χ2v) is 7.60. The van der Waals surface area contributed by atoms with Crippen LogP contribution in [0.25, 0.3) is 0 Å². The molecular weight excluding hydrogens is 288 g/mol. The second kappa shape index (κ2) is 8.34. The Hall–Kier alpha value is -0.810. The Morgan fingerprint density at radius 1 is 1.09 bits per heavy atom. The molecule has 0 spiro atoms. The number of nitrogens with zero attached hydrogens (tertiary/aromatic N) is 2. The molecule has 1 saturated heterocycles. The van der Waals surface area contributed by atoms with Crippen LogP contribution in [0.2, 0.25) is 0 Å². The van der Waals surface area contributed by atoms with E-state index in [0.29, 0.717) is 18.5 Å². The number of aliphatic hydroxyl groups is 1. The van der Waals surface area contributed by atoms with Crippen LogP contribution < -0.4 is 10.6 Å². The molecule has 3 N–H and O–H groups in total. The summed E-state index contributed by atoms with van der Waals surface area (Å²) in [5.41, 5.74) is 0. The van der Waals surface area contributed by atoms with Crippen LogP contribution in [0.5, 0.6) is 0 Å². The van der Waals surface area contributed by atoms with E-state index in [0.717, 1.165) is 12.0 Å². The van der Waals surface area contributed by atoms with Gasteiger partial charge >= 0.3 is 0 Å². The Balaban J connectivity index is 1.36. The van der Waals surface area contributed by atoms with Gasteiger partial charge in [0.05, 0.1) is 6.10 Å². The lowest BCUT2D eigenvalue weighted by molar-refractivity contribution is 0.0878. The van der Waals surface area contributed by atoms with Crippen molar-refractivity contribution in [3.8, 4) is 0 Å². The largest absolute Gasteiger partial charge is 0.391 e. The molecule has 1 atom stereocenters. The highest BCUT2D eigenvalue weighted by Gasteiger charge is 2.32. The van der Waals surface area contributed by atoms with Gasteiger partial charge in [0.1, 0.15) is 0 Å². The van der Waals surface area contributed by atoms with Crippen LogP contribution in [0.4, 0.5) is 0 Å². The van der Waals surface area contributed by atoms with Crippen molar-refractivity contribution in [3.63, 3.8) is 0 Å². The molecular formula is C18H34N4O. The first kappa shape index (κ1) is 17.0. The molecule has 5 heteroatoms. The zero-order valence-corrected chi connectivity index (χ0v) is 14.6. The third-order valence-corrected chi connectivity index (χ3v) is 5.83. The van der Waals surface area contributed by atoms with Crippen LogP contribution in [0.1, 0.15) is 57.8 Å². The van der Waals surface area contributed by atoms with Gasteiger partial charge in [0.2, 0.25) is 0 Å². The quantitative estimate of drug-likeness (QED) is 0.533. The Labute approximate surface area is 140 Å². The van der Waals surface area contributed by atoms with E-state index in [2.05, 4.69) is 20.5 Å². The molecule has 132 valence electrons. The second-order valence-electron chi connectivity index (χ2n) is 7.60. The lowest BCUT2D eigenvalue weighted by Gasteiger charge is -2.33. The van der Waals surface area contributed by atoms with E-state index in [1.807, 2.05) is 7.05 Å². The molecule has 3 rings (SSSR count). The molecule has 0 bridgehead atoms. The van der Waals surface area contributed by atoms with Gasteiger partial charge in [0, 0.05) is 38.8 Å². The Kier molecular flexibility index (Phi) is 6.17. The molecule has 2 saturated carbocycles. The molecule has 1 unspecified atom stereocenters. The van der Waals surface area contributed by atoms with Crippen molar-refractivity contribution in [3.05, 3.63) is 0 Å². The van der Waals surface area contributed by atoms with E-state index >= 15 is 0 Å². The van der Waals surface area contributed by atoms with Crippen molar-refractivity contribution < 1.29 is 5.11 Å². The van der Waals surface area contributed by atoms with Crippen molar-refractivity contribution >= 4 is 5.96 Å². The predicted molar refractivity (Wildman–Crippen MR) is 94.7 cm³/mol. The monoisotopic (exact) mass is 322 g/mol. The zero-order chi connectivity index (χ0) is 16.1. The lowest BCUT2D eigenvalue weighted by atomic mass is 9.85. The summed E-state index contributed by atoms with van der Waals surface area (Å²) >= 11 is 0. The maximum Gasteiger partial charge on any atom is 0.191 e. The summed E-state index contributed by atoms with van der Waals surface area (Å²) < 4.78 is 0. The minimum absolute atomic E-state index is 0.245. The number of piperidine rings is 1. The highest BCUT2D eigenvalue weighted by Crippen LogP contribution is 2.29. The number of likely N-dealkylation sites (tertiary alicyclic amines) is 1. The molecule has 3 fully saturated rings. The van der Waals surface area contributed by atoms with Crippen molar-refractivity contribution in [2.75, 3.05) is 26.7 Å². The molecule has 0 radical (unpaired) electrons. The maximum absolute atomic E-state index is 10.4. The molecule has 0 aromatic carbocycles. The van der Waals surface area contributed by atoms with Crippen molar-refractivity contribution in [1.82, 2.24) is 15.5 Å². The number of rotatable bonds is 5. The van der Waals surface area contributed by atoms with Crippen LogP contribution >= 0.6 is 0 Å². The van der Waals surface area contributed by atoms with Gasteiger partial charge in [-0.05, 0) is 44.4 Å². The average molecular weight is 322 g/mol. The van der Waals surface area contributed by atoms with E-state index in [9.17, 15) is 5.11 Å². The molecule has 2 aliphatic carbocycles. The predicted octanol–water partition coefficient (Wildman–Crippen LogP) is 1.72. The fourth-order valence-corrected chi connectivity index (χ4v) is 4.12. The minimum Gasteiger partial charge on any atom is -0.391 e. The number of aliphatic hydroxyl groups excluding tert-OH is 1. The third-order valence-electron chi connectivity index (χ3n) is 5.83. The summed E-state index contributed by atoms with van der Waals surface area (Å²) in [5, 5.41) is 17.3. The van der Waals surface area contributed by atoms with Crippen LogP contribution in [0.15, 0.2) is 4.99 Å². The molecule has 0 aromatic rings. The third kappa shape index (κ3) is 5.08. The van der Waals surface area contributed by atoms with Gasteiger partial charge in [-0.1, -0.05) is 19.3 Å². The highest BCUT2D eigenvalue weighted by molar-refractivity contribution is 5.80. The first-order valence-electron chi connectivity index (χ1n) is 9.65. The van der Waals surface area contributed by atoms with Gasteiger partial charge < -0.3 is 20.6 Å². The van der Waals surface area contributed by atoms with E-state index < -0.39 is 0 Å². The van der Waals surface area contributed by atoms with Gasteiger partial charge in [0.15, 0.2) is 5.96 Å². The van der Waals surface area contributed by atoms with E-state index in [4.69, 9.17) is 0 Å². The van der Waals surface area contributed by atoms with E-state index in [1.165, 1.54) is 70.9 Å². The summed E-state index contributed by atoms with van der Waals surface area (Å²) in [6.45, 7) is 3.04. The van der Waals surface area contributed by atoms with Gasteiger partial charge in [-0.15, -0.1) is 0 Å².